The highest BCUT2D eigenvalue weighted by Crippen LogP contribution is 2.39. The summed E-state index contributed by atoms with van der Waals surface area (Å²) in [5.74, 6) is 1.14. The quantitative estimate of drug-likeness (QED) is 0.163. The lowest BCUT2D eigenvalue weighted by atomic mass is 10.0. The maximum Gasteiger partial charge on any atom is 0.162 e. The topological polar surface area (TPSA) is 80.3 Å². The van der Waals surface area contributed by atoms with Crippen LogP contribution < -0.4 is 0 Å². The minimum Gasteiger partial charge on any atom is -0.308 e. The molecule has 0 unspecified atom stereocenters. The van der Waals surface area contributed by atoms with E-state index in [4.69, 9.17) is 19.9 Å². The number of aromatic nitrogens is 5. The molecule has 0 saturated carbocycles. The van der Waals surface area contributed by atoms with Gasteiger partial charge in [-0.15, -0.1) is 0 Å². The summed E-state index contributed by atoms with van der Waals surface area (Å²) in [6, 6.07) is 67.8. The Morgan fingerprint density at radius 1 is 0.368 bits per heavy atom. The molecule has 6 nitrogen and oxygen atoms in total. The van der Waals surface area contributed by atoms with Crippen LogP contribution in [0.15, 0.2) is 194 Å². The first kappa shape index (κ1) is 33.6. The first-order valence-electron chi connectivity index (χ1n) is 18.8. The Balaban J connectivity index is 1.28. The van der Waals surface area contributed by atoms with Crippen molar-refractivity contribution in [2.24, 2.45) is 0 Å². The average Bonchev–Trinajstić information content (AvgIpc) is 3.63. The third-order valence-electron chi connectivity index (χ3n) is 10.3. The second kappa shape index (κ2) is 14.3. The molecule has 266 valence electrons. The summed E-state index contributed by atoms with van der Waals surface area (Å²) in [5, 5.41) is 12.2. The van der Waals surface area contributed by atoms with Crippen molar-refractivity contribution in [1.82, 2.24) is 24.5 Å². The fourth-order valence-electron chi connectivity index (χ4n) is 7.52. The Kier molecular flexibility index (Phi) is 8.44. The van der Waals surface area contributed by atoms with Crippen molar-refractivity contribution in [3.8, 4) is 79.6 Å². The number of para-hydroxylation sites is 1. The van der Waals surface area contributed by atoms with Crippen LogP contribution in [0.4, 0.5) is 0 Å². The van der Waals surface area contributed by atoms with Gasteiger partial charge in [0.05, 0.1) is 51.1 Å². The molecule has 3 aromatic heterocycles. The molecule has 0 spiro atoms. The zero-order valence-corrected chi connectivity index (χ0v) is 30.7. The molecule has 10 rings (SSSR count). The normalized spacial score (nSPS) is 11.1. The molecule has 7 aromatic carbocycles. The SMILES string of the molecule is N#Cc1ccc2c3ccccc3n(-c3ccc(-c4nc(-c5ccccc5)cc(-c5ccccc5)n4)cc3-c3nc(-c4ccccc4)cc(-c4ccccc4)n3)c2c1. The van der Waals surface area contributed by atoms with E-state index < -0.39 is 0 Å². The van der Waals surface area contributed by atoms with Crippen molar-refractivity contribution in [3.05, 3.63) is 200 Å². The smallest absolute Gasteiger partial charge is 0.162 e. The van der Waals surface area contributed by atoms with Gasteiger partial charge in [0, 0.05) is 44.2 Å². The fraction of sp³-hybridized carbons (Fsp3) is 0. The summed E-state index contributed by atoms with van der Waals surface area (Å²) in [6.07, 6.45) is 0. The summed E-state index contributed by atoms with van der Waals surface area (Å²) in [5.41, 5.74) is 12.2. The average molecular weight is 729 g/mol. The number of nitriles is 1. The number of hydrogen-bond donors (Lipinski definition) is 0. The summed E-state index contributed by atoms with van der Waals surface area (Å²) in [4.78, 5) is 21.0. The zero-order valence-electron chi connectivity index (χ0n) is 30.7. The van der Waals surface area contributed by atoms with Crippen molar-refractivity contribution in [2.45, 2.75) is 0 Å². The van der Waals surface area contributed by atoms with Crippen molar-refractivity contribution in [1.29, 1.82) is 5.26 Å². The molecule has 0 aliphatic rings. The van der Waals surface area contributed by atoms with Crippen LogP contribution in [0.2, 0.25) is 0 Å². The standard InChI is InChI=1S/C51H32N6/c52-33-34-25-27-41-40-23-13-14-24-47(40)57(49(41)29-34)48-28-26-39(50-53-43(35-15-5-1-6-16-35)31-44(54-50)36-17-7-2-8-18-36)30-42(48)51-55-45(37-19-9-3-10-20-37)32-46(56-51)38-21-11-4-12-22-38/h1-32H. The van der Waals surface area contributed by atoms with Gasteiger partial charge in [-0.1, -0.05) is 146 Å². The Labute approximate surface area is 329 Å². The predicted molar refractivity (Wildman–Crippen MR) is 229 cm³/mol. The van der Waals surface area contributed by atoms with Gasteiger partial charge in [-0.05, 0) is 48.5 Å². The Bertz CT molecular complexity index is 3000. The summed E-state index contributed by atoms with van der Waals surface area (Å²) < 4.78 is 2.22. The lowest BCUT2D eigenvalue weighted by Gasteiger charge is -2.17. The van der Waals surface area contributed by atoms with Crippen LogP contribution in [0.3, 0.4) is 0 Å². The van der Waals surface area contributed by atoms with Gasteiger partial charge in [0.1, 0.15) is 0 Å². The van der Waals surface area contributed by atoms with Crippen molar-refractivity contribution in [2.75, 3.05) is 0 Å². The van der Waals surface area contributed by atoms with Gasteiger partial charge in [-0.3, -0.25) is 0 Å². The zero-order chi connectivity index (χ0) is 38.1. The monoisotopic (exact) mass is 728 g/mol. The second-order valence-corrected chi connectivity index (χ2v) is 13.8. The summed E-state index contributed by atoms with van der Waals surface area (Å²) >= 11 is 0. The largest absolute Gasteiger partial charge is 0.308 e. The maximum absolute atomic E-state index is 10.0. The van der Waals surface area contributed by atoms with Crippen LogP contribution in [0, 0.1) is 11.3 Å². The van der Waals surface area contributed by atoms with Gasteiger partial charge in [-0.25, -0.2) is 19.9 Å². The second-order valence-electron chi connectivity index (χ2n) is 13.8. The van der Waals surface area contributed by atoms with Crippen molar-refractivity contribution >= 4 is 21.8 Å². The van der Waals surface area contributed by atoms with E-state index in [-0.39, 0.29) is 0 Å². The Morgan fingerprint density at radius 2 is 0.825 bits per heavy atom. The van der Waals surface area contributed by atoms with Crippen LogP contribution in [0.5, 0.6) is 0 Å². The predicted octanol–water partition coefficient (Wildman–Crippen LogP) is 12.2. The molecule has 6 heteroatoms. The molecule has 57 heavy (non-hydrogen) atoms. The van der Waals surface area contributed by atoms with E-state index in [1.54, 1.807) is 0 Å². The van der Waals surface area contributed by atoms with E-state index in [1.165, 1.54) is 0 Å². The molecule has 0 N–H and O–H groups in total. The van der Waals surface area contributed by atoms with Crippen LogP contribution in [0.25, 0.3) is 95.3 Å². The first-order chi connectivity index (χ1) is 28.2. The number of fused-ring (bicyclic) bond motifs is 3. The van der Waals surface area contributed by atoms with E-state index >= 15 is 0 Å². The van der Waals surface area contributed by atoms with Crippen molar-refractivity contribution in [3.63, 3.8) is 0 Å². The number of rotatable bonds is 7. The minimum absolute atomic E-state index is 0.553. The molecule has 10 aromatic rings. The van der Waals surface area contributed by atoms with Gasteiger partial charge in [0.25, 0.3) is 0 Å². The lowest BCUT2D eigenvalue weighted by Crippen LogP contribution is -2.03. The molecule has 0 fully saturated rings. The van der Waals surface area contributed by atoms with Gasteiger partial charge in [0.15, 0.2) is 11.6 Å². The molecule has 0 amide bonds. The third-order valence-corrected chi connectivity index (χ3v) is 10.3. The lowest BCUT2D eigenvalue weighted by molar-refractivity contribution is 1.13. The van der Waals surface area contributed by atoms with Crippen LogP contribution in [0.1, 0.15) is 5.56 Å². The van der Waals surface area contributed by atoms with Crippen LogP contribution in [-0.4, -0.2) is 24.5 Å². The highest BCUT2D eigenvalue weighted by molar-refractivity contribution is 6.10. The molecule has 0 saturated heterocycles. The molecule has 0 radical (unpaired) electrons. The van der Waals surface area contributed by atoms with Crippen molar-refractivity contribution < 1.29 is 0 Å². The van der Waals surface area contributed by atoms with Gasteiger partial charge in [0.2, 0.25) is 0 Å². The van der Waals surface area contributed by atoms with E-state index in [9.17, 15) is 5.26 Å². The molecule has 0 atom stereocenters. The Morgan fingerprint density at radius 3 is 1.33 bits per heavy atom. The molecule has 0 bridgehead atoms. The van der Waals surface area contributed by atoms with E-state index in [0.717, 1.165) is 83.6 Å². The number of nitrogens with zero attached hydrogens (tertiary/aromatic N) is 6. The molecular weight excluding hydrogens is 697 g/mol. The maximum atomic E-state index is 10.0. The fourth-order valence-corrected chi connectivity index (χ4v) is 7.52. The molecule has 0 aliphatic heterocycles. The highest BCUT2D eigenvalue weighted by atomic mass is 15.0. The number of hydrogen-bond acceptors (Lipinski definition) is 5. The van der Waals surface area contributed by atoms with Gasteiger partial charge < -0.3 is 4.57 Å². The highest BCUT2D eigenvalue weighted by Gasteiger charge is 2.21. The summed E-state index contributed by atoms with van der Waals surface area (Å²) in [7, 11) is 0. The first-order valence-corrected chi connectivity index (χ1v) is 18.8. The van der Waals surface area contributed by atoms with Crippen LogP contribution >= 0.6 is 0 Å². The Hall–Kier alpha value is -8.01. The third kappa shape index (κ3) is 6.29. The van der Waals surface area contributed by atoms with E-state index in [2.05, 4.69) is 95.6 Å². The summed E-state index contributed by atoms with van der Waals surface area (Å²) in [6.45, 7) is 0. The van der Waals surface area contributed by atoms with E-state index in [1.807, 2.05) is 109 Å². The van der Waals surface area contributed by atoms with Gasteiger partial charge in [-0.2, -0.15) is 5.26 Å². The van der Waals surface area contributed by atoms with Gasteiger partial charge >= 0.3 is 0 Å². The number of benzene rings is 7. The minimum atomic E-state index is 0.553. The molecular formula is C51H32N6. The van der Waals surface area contributed by atoms with Crippen LogP contribution in [-0.2, 0) is 0 Å². The molecule has 0 aliphatic carbocycles. The van der Waals surface area contributed by atoms with E-state index in [0.29, 0.717) is 17.2 Å². The molecule has 3 heterocycles.